The molecule has 0 fully saturated rings. The van der Waals surface area contributed by atoms with Gasteiger partial charge < -0.3 is 0 Å². The molecule has 0 N–H and O–H groups in total. The number of nitrogens with zero attached hydrogens (tertiary/aromatic N) is 2. The van der Waals surface area contributed by atoms with Crippen LogP contribution in [0.4, 0.5) is 0 Å². The van der Waals surface area contributed by atoms with Crippen LogP contribution in [0.15, 0.2) is 88.5 Å². The minimum atomic E-state index is -0.315. The Hall–Kier alpha value is -3.09. The van der Waals surface area contributed by atoms with Crippen LogP contribution >= 0.6 is 0 Å². The van der Waals surface area contributed by atoms with Crippen molar-refractivity contribution in [3.05, 3.63) is 124 Å². The predicted octanol–water partition coefficient (Wildman–Crippen LogP) is 7.21. The van der Waals surface area contributed by atoms with Gasteiger partial charge in [0.15, 0.2) is 0 Å². The summed E-state index contributed by atoms with van der Waals surface area (Å²) in [5.41, 5.74) is 10.1. The number of aliphatic imine (C=N–C) groups is 2. The van der Waals surface area contributed by atoms with Gasteiger partial charge in [-0.2, -0.15) is 0 Å². The van der Waals surface area contributed by atoms with E-state index in [1.54, 1.807) is 0 Å². The van der Waals surface area contributed by atoms with Crippen LogP contribution in [0.1, 0.15) is 61.1 Å². The molecule has 3 aromatic rings. The molecule has 2 nitrogen and oxygen atoms in total. The molecule has 0 atom stereocenters. The first-order chi connectivity index (χ1) is 16.3. The smallest absolute Gasteiger partial charge is 0.263 e. The molecule has 0 saturated carbocycles. The van der Waals surface area contributed by atoms with E-state index in [2.05, 4.69) is 125 Å². The summed E-state index contributed by atoms with van der Waals surface area (Å²) in [5.74, 6) is 0. The number of hydrogen-bond acceptors (Lipinski definition) is 2. The van der Waals surface area contributed by atoms with Gasteiger partial charge in [-0.25, -0.2) is 0 Å². The summed E-state index contributed by atoms with van der Waals surface area (Å²) in [6, 6.07) is 28.5. The van der Waals surface area contributed by atoms with Gasteiger partial charge in [0, 0.05) is 33.5 Å². The number of allylic oxidation sites excluding steroid dienone is 2. The van der Waals surface area contributed by atoms with Crippen molar-refractivity contribution in [2.45, 2.75) is 38.5 Å². The maximum Gasteiger partial charge on any atom is 2.00 e. The number of benzene rings is 3. The molecule has 0 aliphatic carbocycles. The fourth-order valence-electron chi connectivity index (χ4n) is 4.99. The molecule has 35 heavy (non-hydrogen) atoms. The van der Waals surface area contributed by atoms with Crippen LogP contribution in [-0.2, 0) is 31.9 Å². The molecule has 0 radical (unpaired) electrons. The van der Waals surface area contributed by atoms with Gasteiger partial charge in [0.2, 0.25) is 0 Å². The van der Waals surface area contributed by atoms with Gasteiger partial charge in [0.05, 0.1) is 5.71 Å². The normalized spacial score (nSPS) is 21.5. The quantitative estimate of drug-likeness (QED) is 0.234. The van der Waals surface area contributed by atoms with E-state index >= 15 is 0 Å². The zero-order valence-corrected chi connectivity index (χ0v) is 22.6. The third-order valence-electron chi connectivity index (χ3n) is 7.16. The third kappa shape index (κ3) is 3.95. The van der Waals surface area contributed by atoms with E-state index in [-0.39, 0.29) is 31.9 Å². The second-order valence-corrected chi connectivity index (χ2v) is 10.2. The van der Waals surface area contributed by atoms with Gasteiger partial charge in [-0.05, 0) is 17.7 Å². The fraction of sp³-hybridized carbons (Fsp3) is 0.188. The molecule has 3 aliphatic rings. The van der Waals surface area contributed by atoms with E-state index in [0.29, 0.717) is 0 Å². The maximum atomic E-state index is 5.21. The zero-order chi connectivity index (χ0) is 23.5. The molecule has 0 unspecified atom stereocenters. The van der Waals surface area contributed by atoms with Gasteiger partial charge in [0.1, 0.15) is 0 Å². The summed E-state index contributed by atoms with van der Waals surface area (Å²) in [6.45, 7) is 8.89. The summed E-state index contributed by atoms with van der Waals surface area (Å²) >= 11 is 0. The summed E-state index contributed by atoms with van der Waals surface area (Å²) in [5, 5.41) is 0. The molecule has 0 amide bonds. The van der Waals surface area contributed by atoms with Crippen LogP contribution in [0.5, 0.6) is 0 Å². The van der Waals surface area contributed by atoms with Gasteiger partial charge in [-0.15, -0.1) is 82.9 Å². The van der Waals surface area contributed by atoms with Crippen LogP contribution in [0.2, 0.25) is 0 Å². The molecular formula is C32H26N2Pt. The summed E-state index contributed by atoms with van der Waals surface area (Å²) < 4.78 is 0. The average molecular weight is 634 g/mol. The van der Waals surface area contributed by atoms with Crippen molar-refractivity contribution in [1.29, 1.82) is 0 Å². The minimum absolute atomic E-state index is 0. The van der Waals surface area contributed by atoms with Crippen molar-refractivity contribution in [1.82, 2.24) is 0 Å². The summed E-state index contributed by atoms with van der Waals surface area (Å²) in [6.07, 6.45) is 8.49. The molecule has 3 heterocycles. The van der Waals surface area contributed by atoms with E-state index in [9.17, 15) is 0 Å². The Bertz CT molecular complexity index is 1500. The van der Waals surface area contributed by atoms with Crippen molar-refractivity contribution in [2.75, 3.05) is 0 Å². The standard InChI is InChI=1S/C32H26N2.Pt/c1-31(2)23-11-8-10-22(18-23)20-28-26-13-5-6-14-27(26)30(34-28)32(3,4)24-12-7-9-21(17-24)19-25-15-16-29(31)33-25;/h5-16,19-20H,1-4H3;/q-2;+2/b25-19-,28-20-;. The van der Waals surface area contributed by atoms with E-state index in [1.807, 2.05) is 0 Å². The topological polar surface area (TPSA) is 24.7 Å². The van der Waals surface area contributed by atoms with Gasteiger partial charge in [-0.1, -0.05) is 52.0 Å². The first-order valence-electron chi connectivity index (χ1n) is 11.8. The molecule has 3 aliphatic heterocycles. The van der Waals surface area contributed by atoms with Crippen LogP contribution in [0.25, 0.3) is 17.8 Å². The monoisotopic (exact) mass is 633 g/mol. The van der Waals surface area contributed by atoms with Crippen molar-refractivity contribution in [3.63, 3.8) is 0 Å². The van der Waals surface area contributed by atoms with Gasteiger partial charge in [0.25, 0.3) is 0 Å². The Morgan fingerprint density at radius 3 is 1.97 bits per heavy atom. The van der Waals surface area contributed by atoms with E-state index in [4.69, 9.17) is 9.98 Å². The largest absolute Gasteiger partial charge is 2.00 e. The fourth-order valence-corrected chi connectivity index (χ4v) is 4.99. The third-order valence-corrected chi connectivity index (χ3v) is 7.16. The van der Waals surface area contributed by atoms with E-state index in [1.165, 1.54) is 5.56 Å². The Balaban J connectivity index is 0.00000253. The maximum absolute atomic E-state index is 5.21. The van der Waals surface area contributed by atoms with Crippen molar-refractivity contribution < 1.29 is 21.1 Å². The molecule has 0 spiro atoms. The predicted molar refractivity (Wildman–Crippen MR) is 142 cm³/mol. The summed E-state index contributed by atoms with van der Waals surface area (Å²) in [4.78, 5) is 10.2. The van der Waals surface area contributed by atoms with Crippen molar-refractivity contribution in [2.24, 2.45) is 9.98 Å². The van der Waals surface area contributed by atoms with Gasteiger partial charge >= 0.3 is 21.1 Å². The molecule has 6 rings (SSSR count). The van der Waals surface area contributed by atoms with Crippen LogP contribution < -0.4 is 0 Å². The first-order valence-corrected chi connectivity index (χ1v) is 11.8. The SMILES string of the molecule is CC1(C)C2=N/C(=C\c3[c-]c(ccc3)C(C)(C)C3=N/C(=C\c4[c-]c1ccc4)c1ccccc13)C=C2.[Pt+2]. The van der Waals surface area contributed by atoms with Crippen LogP contribution in [0, 0.1) is 12.1 Å². The van der Waals surface area contributed by atoms with Crippen molar-refractivity contribution in [3.8, 4) is 0 Å². The average Bonchev–Trinajstić information content (AvgIpc) is 3.45. The van der Waals surface area contributed by atoms with Gasteiger partial charge in [-0.3, -0.25) is 9.98 Å². The van der Waals surface area contributed by atoms with Crippen LogP contribution in [0.3, 0.4) is 0 Å². The molecule has 0 saturated heterocycles. The Kier molecular flexibility index (Phi) is 5.77. The minimum Gasteiger partial charge on any atom is -0.263 e. The molecule has 8 bridgehead atoms. The number of fused-ring (bicyclic) bond motifs is 9. The summed E-state index contributed by atoms with van der Waals surface area (Å²) in [7, 11) is 0. The second-order valence-electron chi connectivity index (χ2n) is 10.2. The molecule has 0 aromatic heterocycles. The Morgan fingerprint density at radius 2 is 1.26 bits per heavy atom. The molecule has 3 aromatic carbocycles. The van der Waals surface area contributed by atoms with Crippen LogP contribution in [-0.4, -0.2) is 11.4 Å². The Labute approximate surface area is 222 Å². The first kappa shape index (κ1) is 23.6. The van der Waals surface area contributed by atoms with Crippen molar-refractivity contribution >= 4 is 29.3 Å². The second kappa shape index (κ2) is 8.54. The Morgan fingerprint density at radius 1 is 0.629 bits per heavy atom. The van der Waals surface area contributed by atoms with E-state index < -0.39 is 0 Å². The molecule has 3 heteroatoms. The molecular weight excluding hydrogens is 607 g/mol. The zero-order valence-electron chi connectivity index (χ0n) is 20.3. The van der Waals surface area contributed by atoms with E-state index in [0.717, 1.165) is 50.6 Å². The number of rotatable bonds is 0. The number of hydrogen-bond donors (Lipinski definition) is 0. The molecule has 174 valence electrons.